The first-order chi connectivity index (χ1) is 10.6. The van der Waals surface area contributed by atoms with Gasteiger partial charge in [0.05, 0.1) is 0 Å². The van der Waals surface area contributed by atoms with Crippen LogP contribution in [0.1, 0.15) is 17.5 Å². The maximum atomic E-state index is 12.1. The zero-order chi connectivity index (χ0) is 15.9. The van der Waals surface area contributed by atoms with Crippen LogP contribution in [0.2, 0.25) is 5.02 Å². The van der Waals surface area contributed by atoms with Crippen LogP contribution >= 0.6 is 11.6 Å². The van der Waals surface area contributed by atoms with Gasteiger partial charge in [-0.15, -0.1) is 0 Å². The summed E-state index contributed by atoms with van der Waals surface area (Å²) in [5.74, 6) is 0.00489. The number of rotatable bonds is 6. The first-order valence-electron chi connectivity index (χ1n) is 7.33. The average Bonchev–Trinajstić information content (AvgIpc) is 2.51. The highest BCUT2D eigenvalue weighted by atomic mass is 35.5. The molecule has 0 unspecified atom stereocenters. The molecule has 4 heteroatoms. The number of hydrogen-bond donors (Lipinski definition) is 1. The van der Waals surface area contributed by atoms with Crippen LogP contribution in [0.5, 0.6) is 0 Å². The molecule has 22 heavy (non-hydrogen) atoms. The molecule has 0 aliphatic carbocycles. The van der Waals surface area contributed by atoms with Crippen LogP contribution in [0.25, 0.3) is 0 Å². The summed E-state index contributed by atoms with van der Waals surface area (Å²) >= 11 is 6.06. The third kappa shape index (κ3) is 4.86. The molecule has 0 aliphatic rings. The van der Waals surface area contributed by atoms with E-state index in [1.807, 2.05) is 50.4 Å². The van der Waals surface area contributed by atoms with Crippen molar-refractivity contribution in [2.24, 2.45) is 0 Å². The normalized spacial score (nSPS) is 10.7. The Morgan fingerprint density at radius 1 is 1.14 bits per heavy atom. The van der Waals surface area contributed by atoms with Crippen LogP contribution in [0.15, 0.2) is 48.5 Å². The lowest BCUT2D eigenvalue weighted by molar-refractivity contribution is -0.116. The Morgan fingerprint density at radius 2 is 1.86 bits per heavy atom. The zero-order valence-electron chi connectivity index (χ0n) is 13.0. The summed E-state index contributed by atoms with van der Waals surface area (Å²) in [5.41, 5.74) is 2.93. The fourth-order valence-corrected chi connectivity index (χ4v) is 2.40. The van der Waals surface area contributed by atoms with E-state index >= 15 is 0 Å². The van der Waals surface area contributed by atoms with E-state index in [1.54, 1.807) is 0 Å². The van der Waals surface area contributed by atoms with Crippen LogP contribution in [0, 0.1) is 6.92 Å². The number of hydrogen-bond acceptors (Lipinski definition) is 2. The van der Waals surface area contributed by atoms with Crippen LogP contribution in [-0.2, 0) is 11.3 Å². The standard InChI is InChI=1S/C18H21ClN2O/c1-14-16(19)9-6-10-17(14)20-18(22)11-12-21(2)13-15-7-4-3-5-8-15/h3-10H,11-13H2,1-2H3,(H,20,22). The van der Waals surface area contributed by atoms with Crippen molar-refractivity contribution in [3.63, 3.8) is 0 Å². The summed E-state index contributed by atoms with van der Waals surface area (Å²) in [6.45, 7) is 3.45. The number of anilines is 1. The fourth-order valence-electron chi connectivity index (χ4n) is 2.22. The molecule has 0 radical (unpaired) electrons. The van der Waals surface area contributed by atoms with Gasteiger partial charge in [0.1, 0.15) is 0 Å². The molecule has 0 fully saturated rings. The van der Waals surface area contributed by atoms with Crippen molar-refractivity contribution in [1.82, 2.24) is 4.90 Å². The second-order valence-corrected chi connectivity index (χ2v) is 5.84. The summed E-state index contributed by atoms with van der Waals surface area (Å²) in [6, 6.07) is 15.8. The lowest BCUT2D eigenvalue weighted by Crippen LogP contribution is -2.24. The van der Waals surface area contributed by atoms with Gasteiger partial charge in [-0.3, -0.25) is 4.79 Å². The number of benzene rings is 2. The molecule has 0 saturated heterocycles. The van der Waals surface area contributed by atoms with Gasteiger partial charge >= 0.3 is 0 Å². The molecule has 1 amide bonds. The average molecular weight is 317 g/mol. The van der Waals surface area contributed by atoms with Gasteiger partial charge in [0, 0.05) is 30.2 Å². The van der Waals surface area contributed by atoms with Crippen molar-refractivity contribution in [2.45, 2.75) is 19.9 Å². The van der Waals surface area contributed by atoms with Gasteiger partial charge in [-0.1, -0.05) is 48.0 Å². The predicted octanol–water partition coefficient (Wildman–Crippen LogP) is 4.11. The highest BCUT2D eigenvalue weighted by molar-refractivity contribution is 6.31. The molecule has 2 rings (SSSR count). The Labute approximate surface area is 136 Å². The Balaban J connectivity index is 1.81. The molecule has 2 aromatic carbocycles. The van der Waals surface area contributed by atoms with Gasteiger partial charge in [0.25, 0.3) is 0 Å². The molecule has 0 bridgehead atoms. The Kier molecular flexibility index (Phi) is 5.99. The minimum atomic E-state index is 0.00489. The van der Waals surface area contributed by atoms with E-state index in [-0.39, 0.29) is 5.91 Å². The fraction of sp³-hybridized carbons (Fsp3) is 0.278. The lowest BCUT2D eigenvalue weighted by Gasteiger charge is -2.16. The van der Waals surface area contributed by atoms with E-state index in [9.17, 15) is 4.79 Å². The van der Waals surface area contributed by atoms with Gasteiger partial charge in [-0.05, 0) is 37.2 Å². The number of carbonyl (C=O) groups excluding carboxylic acids is 1. The summed E-state index contributed by atoms with van der Waals surface area (Å²) in [6.07, 6.45) is 0.454. The Morgan fingerprint density at radius 3 is 2.59 bits per heavy atom. The molecule has 0 atom stereocenters. The monoisotopic (exact) mass is 316 g/mol. The van der Waals surface area contributed by atoms with Gasteiger partial charge in [0.15, 0.2) is 0 Å². The smallest absolute Gasteiger partial charge is 0.225 e. The predicted molar refractivity (Wildman–Crippen MR) is 92.2 cm³/mol. The summed E-state index contributed by atoms with van der Waals surface area (Å²) < 4.78 is 0. The number of nitrogens with zero attached hydrogens (tertiary/aromatic N) is 1. The number of carbonyl (C=O) groups is 1. The van der Waals surface area contributed by atoms with E-state index in [0.29, 0.717) is 18.0 Å². The molecule has 0 heterocycles. The molecule has 0 saturated carbocycles. The van der Waals surface area contributed by atoms with Crippen molar-refractivity contribution in [2.75, 3.05) is 18.9 Å². The van der Waals surface area contributed by atoms with Crippen LogP contribution in [-0.4, -0.2) is 24.4 Å². The molecule has 0 aromatic heterocycles. The minimum absolute atomic E-state index is 0.00489. The molecular weight excluding hydrogens is 296 g/mol. The van der Waals surface area contributed by atoms with E-state index in [4.69, 9.17) is 11.6 Å². The van der Waals surface area contributed by atoms with Gasteiger partial charge < -0.3 is 10.2 Å². The van der Waals surface area contributed by atoms with E-state index in [2.05, 4.69) is 22.3 Å². The lowest BCUT2D eigenvalue weighted by atomic mass is 10.2. The summed E-state index contributed by atoms with van der Waals surface area (Å²) in [4.78, 5) is 14.2. The van der Waals surface area contributed by atoms with Crippen LogP contribution in [0.4, 0.5) is 5.69 Å². The number of nitrogens with one attached hydrogen (secondary N) is 1. The van der Waals surface area contributed by atoms with E-state index < -0.39 is 0 Å². The Hall–Kier alpha value is -1.84. The second-order valence-electron chi connectivity index (χ2n) is 5.43. The molecule has 1 N–H and O–H groups in total. The SMILES string of the molecule is Cc1c(Cl)cccc1NC(=O)CCN(C)Cc1ccccc1. The molecule has 2 aromatic rings. The highest BCUT2D eigenvalue weighted by Gasteiger charge is 2.08. The first-order valence-corrected chi connectivity index (χ1v) is 7.71. The van der Waals surface area contributed by atoms with E-state index in [0.717, 1.165) is 17.8 Å². The van der Waals surface area contributed by atoms with Crippen molar-refractivity contribution < 1.29 is 4.79 Å². The van der Waals surface area contributed by atoms with Crippen LogP contribution < -0.4 is 5.32 Å². The van der Waals surface area contributed by atoms with Crippen molar-refractivity contribution in [3.8, 4) is 0 Å². The van der Waals surface area contributed by atoms with Crippen molar-refractivity contribution in [1.29, 1.82) is 0 Å². The quantitative estimate of drug-likeness (QED) is 0.870. The number of amides is 1. The maximum absolute atomic E-state index is 12.1. The van der Waals surface area contributed by atoms with Crippen LogP contribution in [0.3, 0.4) is 0 Å². The van der Waals surface area contributed by atoms with Gasteiger partial charge in [-0.2, -0.15) is 0 Å². The van der Waals surface area contributed by atoms with Gasteiger partial charge in [-0.25, -0.2) is 0 Å². The van der Waals surface area contributed by atoms with E-state index in [1.165, 1.54) is 5.56 Å². The third-order valence-corrected chi connectivity index (χ3v) is 3.97. The maximum Gasteiger partial charge on any atom is 0.225 e. The Bertz CT molecular complexity index is 628. The summed E-state index contributed by atoms with van der Waals surface area (Å²) in [7, 11) is 2.02. The number of halogens is 1. The summed E-state index contributed by atoms with van der Waals surface area (Å²) in [5, 5.41) is 3.59. The first kappa shape index (κ1) is 16.5. The highest BCUT2D eigenvalue weighted by Crippen LogP contribution is 2.22. The van der Waals surface area contributed by atoms with Gasteiger partial charge in [0.2, 0.25) is 5.91 Å². The van der Waals surface area contributed by atoms with Crippen molar-refractivity contribution >= 4 is 23.2 Å². The topological polar surface area (TPSA) is 32.3 Å². The largest absolute Gasteiger partial charge is 0.326 e. The molecule has 116 valence electrons. The molecule has 0 spiro atoms. The molecule has 0 aliphatic heterocycles. The third-order valence-electron chi connectivity index (χ3n) is 3.56. The molecular formula is C18H21ClN2O. The van der Waals surface area contributed by atoms with Crippen molar-refractivity contribution in [3.05, 3.63) is 64.7 Å². The second kappa shape index (κ2) is 7.97. The minimum Gasteiger partial charge on any atom is -0.326 e. The zero-order valence-corrected chi connectivity index (χ0v) is 13.7. The molecule has 3 nitrogen and oxygen atoms in total.